The standard InChI is InChI=1S/C18H25N3O3/c1-15(22)21-8-7-20(13-17(21)16-5-3-2-4-6-16)18(23)14-19-9-11-24-12-10-19/h2-6,17H,7-14H2,1H3/t17-/m1/s1. The lowest BCUT2D eigenvalue weighted by Gasteiger charge is -2.42. The van der Waals surface area contributed by atoms with Gasteiger partial charge in [-0.15, -0.1) is 0 Å². The molecule has 2 amide bonds. The maximum Gasteiger partial charge on any atom is 0.236 e. The van der Waals surface area contributed by atoms with E-state index in [0.29, 0.717) is 39.4 Å². The molecule has 6 nitrogen and oxygen atoms in total. The average Bonchev–Trinajstić information content (AvgIpc) is 2.62. The van der Waals surface area contributed by atoms with Gasteiger partial charge in [-0.2, -0.15) is 0 Å². The van der Waals surface area contributed by atoms with Crippen molar-refractivity contribution in [3.63, 3.8) is 0 Å². The van der Waals surface area contributed by atoms with E-state index in [-0.39, 0.29) is 17.9 Å². The van der Waals surface area contributed by atoms with Gasteiger partial charge in [-0.05, 0) is 5.56 Å². The minimum Gasteiger partial charge on any atom is -0.379 e. The Balaban J connectivity index is 1.68. The molecule has 1 aromatic carbocycles. The van der Waals surface area contributed by atoms with Gasteiger partial charge in [0.05, 0.1) is 25.8 Å². The van der Waals surface area contributed by atoms with Crippen molar-refractivity contribution in [1.82, 2.24) is 14.7 Å². The first kappa shape index (κ1) is 16.9. The maximum absolute atomic E-state index is 12.7. The summed E-state index contributed by atoms with van der Waals surface area (Å²) in [4.78, 5) is 30.5. The normalized spacial score (nSPS) is 22.5. The summed E-state index contributed by atoms with van der Waals surface area (Å²) < 4.78 is 5.33. The van der Waals surface area contributed by atoms with Gasteiger partial charge in [-0.1, -0.05) is 30.3 Å². The highest BCUT2D eigenvalue weighted by molar-refractivity contribution is 5.79. The number of benzene rings is 1. The van der Waals surface area contributed by atoms with Crippen molar-refractivity contribution < 1.29 is 14.3 Å². The van der Waals surface area contributed by atoms with Crippen LogP contribution in [0.25, 0.3) is 0 Å². The quantitative estimate of drug-likeness (QED) is 0.820. The van der Waals surface area contributed by atoms with Crippen LogP contribution in [0.1, 0.15) is 18.5 Å². The Bertz CT molecular complexity index is 572. The molecule has 2 aliphatic rings. The molecule has 24 heavy (non-hydrogen) atoms. The van der Waals surface area contributed by atoms with Gasteiger partial charge < -0.3 is 14.5 Å². The second kappa shape index (κ2) is 7.77. The van der Waals surface area contributed by atoms with Crippen LogP contribution in [0.15, 0.2) is 30.3 Å². The Morgan fingerprint density at radius 1 is 1.08 bits per heavy atom. The van der Waals surface area contributed by atoms with Crippen molar-refractivity contribution in [3.05, 3.63) is 35.9 Å². The van der Waals surface area contributed by atoms with Crippen LogP contribution in [0.2, 0.25) is 0 Å². The molecule has 0 unspecified atom stereocenters. The third kappa shape index (κ3) is 3.94. The highest BCUT2D eigenvalue weighted by Gasteiger charge is 2.32. The highest BCUT2D eigenvalue weighted by atomic mass is 16.5. The van der Waals surface area contributed by atoms with Crippen LogP contribution in [0.3, 0.4) is 0 Å². The van der Waals surface area contributed by atoms with E-state index in [1.54, 1.807) is 6.92 Å². The molecule has 2 aliphatic heterocycles. The zero-order valence-corrected chi connectivity index (χ0v) is 14.2. The molecule has 0 saturated carbocycles. The zero-order chi connectivity index (χ0) is 16.9. The fraction of sp³-hybridized carbons (Fsp3) is 0.556. The maximum atomic E-state index is 12.7. The van der Waals surface area contributed by atoms with E-state index in [1.165, 1.54) is 0 Å². The van der Waals surface area contributed by atoms with Crippen LogP contribution < -0.4 is 0 Å². The monoisotopic (exact) mass is 331 g/mol. The largest absolute Gasteiger partial charge is 0.379 e. The molecule has 1 atom stereocenters. The first-order valence-corrected chi connectivity index (χ1v) is 8.55. The number of carbonyl (C=O) groups excluding carboxylic acids is 2. The van der Waals surface area contributed by atoms with E-state index in [9.17, 15) is 9.59 Å². The fourth-order valence-electron chi connectivity index (χ4n) is 3.40. The molecule has 3 rings (SSSR count). The number of nitrogens with zero attached hydrogens (tertiary/aromatic N) is 3. The topological polar surface area (TPSA) is 53.1 Å². The Kier molecular flexibility index (Phi) is 5.48. The Morgan fingerprint density at radius 3 is 2.46 bits per heavy atom. The molecule has 1 aromatic rings. The number of amides is 2. The predicted octanol–water partition coefficient (Wildman–Crippen LogP) is 0.751. The van der Waals surface area contributed by atoms with Gasteiger partial charge in [0, 0.05) is 39.6 Å². The second-order valence-corrected chi connectivity index (χ2v) is 6.37. The third-order valence-electron chi connectivity index (χ3n) is 4.78. The number of carbonyl (C=O) groups is 2. The van der Waals surface area contributed by atoms with E-state index in [1.807, 2.05) is 40.1 Å². The summed E-state index contributed by atoms with van der Waals surface area (Å²) >= 11 is 0. The van der Waals surface area contributed by atoms with Crippen LogP contribution in [0.4, 0.5) is 0 Å². The third-order valence-corrected chi connectivity index (χ3v) is 4.78. The van der Waals surface area contributed by atoms with Gasteiger partial charge in [0.15, 0.2) is 0 Å². The molecule has 2 fully saturated rings. The molecule has 130 valence electrons. The van der Waals surface area contributed by atoms with E-state index in [4.69, 9.17) is 4.74 Å². The van der Waals surface area contributed by atoms with Gasteiger partial charge in [-0.25, -0.2) is 0 Å². The van der Waals surface area contributed by atoms with Crippen LogP contribution in [0, 0.1) is 0 Å². The van der Waals surface area contributed by atoms with Gasteiger partial charge in [0.2, 0.25) is 11.8 Å². The SMILES string of the molecule is CC(=O)N1CCN(C(=O)CN2CCOCC2)C[C@@H]1c1ccccc1. The summed E-state index contributed by atoms with van der Waals surface area (Å²) in [5, 5.41) is 0. The summed E-state index contributed by atoms with van der Waals surface area (Å²) in [6.07, 6.45) is 0. The number of ether oxygens (including phenoxy) is 1. The van der Waals surface area contributed by atoms with Gasteiger partial charge >= 0.3 is 0 Å². The van der Waals surface area contributed by atoms with E-state index < -0.39 is 0 Å². The second-order valence-electron chi connectivity index (χ2n) is 6.37. The molecule has 0 aliphatic carbocycles. The molecule has 0 bridgehead atoms. The van der Waals surface area contributed by atoms with Crippen molar-refractivity contribution in [2.24, 2.45) is 0 Å². The highest BCUT2D eigenvalue weighted by Crippen LogP contribution is 2.25. The lowest BCUT2D eigenvalue weighted by Crippen LogP contribution is -2.54. The van der Waals surface area contributed by atoms with Gasteiger partial charge in [0.25, 0.3) is 0 Å². The number of morpholine rings is 1. The minimum atomic E-state index is -0.0638. The smallest absolute Gasteiger partial charge is 0.236 e. The lowest BCUT2D eigenvalue weighted by molar-refractivity contribution is -0.143. The minimum absolute atomic E-state index is 0.0594. The number of rotatable bonds is 3. The van der Waals surface area contributed by atoms with Crippen molar-refractivity contribution >= 4 is 11.8 Å². The lowest BCUT2D eigenvalue weighted by atomic mass is 10.0. The summed E-state index contributed by atoms with van der Waals surface area (Å²) in [5.41, 5.74) is 1.08. The molecule has 0 aromatic heterocycles. The van der Waals surface area contributed by atoms with Crippen molar-refractivity contribution in [2.45, 2.75) is 13.0 Å². The first-order chi connectivity index (χ1) is 11.6. The molecule has 0 N–H and O–H groups in total. The zero-order valence-electron chi connectivity index (χ0n) is 14.2. The predicted molar refractivity (Wildman–Crippen MR) is 90.4 cm³/mol. The fourth-order valence-corrected chi connectivity index (χ4v) is 3.40. The molecular formula is C18H25N3O3. The number of piperazine rings is 1. The summed E-state index contributed by atoms with van der Waals surface area (Å²) in [5.74, 6) is 0.199. The Labute approximate surface area is 143 Å². The van der Waals surface area contributed by atoms with E-state index in [2.05, 4.69) is 4.90 Å². The van der Waals surface area contributed by atoms with Gasteiger partial charge in [-0.3, -0.25) is 14.5 Å². The molecule has 0 radical (unpaired) electrons. The summed E-state index contributed by atoms with van der Waals surface area (Å²) in [7, 11) is 0. The molecule has 0 spiro atoms. The van der Waals surface area contributed by atoms with E-state index in [0.717, 1.165) is 18.7 Å². The first-order valence-electron chi connectivity index (χ1n) is 8.55. The van der Waals surface area contributed by atoms with Crippen molar-refractivity contribution in [1.29, 1.82) is 0 Å². The Morgan fingerprint density at radius 2 is 1.79 bits per heavy atom. The van der Waals surface area contributed by atoms with E-state index >= 15 is 0 Å². The summed E-state index contributed by atoms with van der Waals surface area (Å²) in [6, 6.07) is 9.90. The molecule has 2 heterocycles. The number of hydrogen-bond donors (Lipinski definition) is 0. The molecule has 2 saturated heterocycles. The van der Waals surface area contributed by atoms with Crippen LogP contribution in [0.5, 0.6) is 0 Å². The molecular weight excluding hydrogens is 306 g/mol. The van der Waals surface area contributed by atoms with Crippen molar-refractivity contribution in [2.75, 3.05) is 52.5 Å². The van der Waals surface area contributed by atoms with Crippen molar-refractivity contribution in [3.8, 4) is 0 Å². The average molecular weight is 331 g/mol. The van der Waals surface area contributed by atoms with Crippen LogP contribution in [-0.4, -0.2) is 79.0 Å². The Hall–Kier alpha value is -1.92. The molecule has 6 heteroatoms. The van der Waals surface area contributed by atoms with Gasteiger partial charge in [0.1, 0.15) is 0 Å². The van der Waals surface area contributed by atoms with Crippen LogP contribution >= 0.6 is 0 Å². The number of hydrogen-bond acceptors (Lipinski definition) is 4. The summed E-state index contributed by atoms with van der Waals surface area (Å²) in [6.45, 7) is 6.79. The van der Waals surface area contributed by atoms with Crippen LogP contribution in [-0.2, 0) is 14.3 Å².